The van der Waals surface area contributed by atoms with Crippen LogP contribution < -0.4 is 0 Å². The van der Waals surface area contributed by atoms with Gasteiger partial charge in [-0.3, -0.25) is 9.59 Å². The molecule has 0 bridgehead atoms. The summed E-state index contributed by atoms with van der Waals surface area (Å²) >= 11 is 0. The number of amides is 2. The molecule has 1 atom stereocenters. The van der Waals surface area contributed by atoms with Gasteiger partial charge in [0.15, 0.2) is 0 Å². The number of ether oxygens (including phenoxy) is 1. The van der Waals surface area contributed by atoms with Gasteiger partial charge < -0.3 is 19.1 Å². The molecule has 2 heterocycles. The highest BCUT2D eigenvalue weighted by atomic mass is 16.5. The molecule has 0 spiro atoms. The Morgan fingerprint density at radius 1 is 1.43 bits per heavy atom. The minimum Gasteiger partial charge on any atom is -0.372 e. The van der Waals surface area contributed by atoms with E-state index >= 15 is 0 Å². The molecular formula is C14H22N4O3. The van der Waals surface area contributed by atoms with E-state index in [9.17, 15) is 9.59 Å². The van der Waals surface area contributed by atoms with Gasteiger partial charge in [-0.25, -0.2) is 4.98 Å². The van der Waals surface area contributed by atoms with Crippen LogP contribution in [0, 0.1) is 0 Å². The van der Waals surface area contributed by atoms with Crippen LogP contribution in [-0.4, -0.2) is 65.0 Å². The second kappa shape index (κ2) is 6.26. The highest BCUT2D eigenvalue weighted by Gasteiger charge is 2.30. The van der Waals surface area contributed by atoms with Gasteiger partial charge in [0.25, 0.3) is 5.91 Å². The fourth-order valence-corrected chi connectivity index (χ4v) is 2.44. The summed E-state index contributed by atoms with van der Waals surface area (Å²) in [5, 5.41) is 0. The fraction of sp³-hybridized carbons (Fsp3) is 0.643. The average Bonchev–Trinajstić information content (AvgIpc) is 2.89. The van der Waals surface area contributed by atoms with E-state index in [1.165, 1.54) is 4.90 Å². The third-order valence-electron chi connectivity index (χ3n) is 3.61. The molecule has 7 nitrogen and oxygen atoms in total. The van der Waals surface area contributed by atoms with Gasteiger partial charge in [0, 0.05) is 40.0 Å². The Bertz CT molecular complexity index is 538. The lowest BCUT2D eigenvalue weighted by molar-refractivity contribution is -0.139. The largest absolute Gasteiger partial charge is 0.372 e. The topological polar surface area (TPSA) is 67.7 Å². The predicted octanol–water partition coefficient (Wildman–Crippen LogP) is 0.525. The fourth-order valence-electron chi connectivity index (χ4n) is 2.44. The summed E-state index contributed by atoms with van der Waals surface area (Å²) in [4.78, 5) is 31.7. The number of rotatable bonds is 4. The molecule has 7 heteroatoms. The Morgan fingerprint density at radius 2 is 2.14 bits per heavy atom. The second-order valence-electron chi connectivity index (χ2n) is 5.28. The summed E-state index contributed by atoms with van der Waals surface area (Å²) < 4.78 is 7.13. The van der Waals surface area contributed by atoms with Gasteiger partial charge in [-0.2, -0.15) is 0 Å². The van der Waals surface area contributed by atoms with Crippen molar-refractivity contribution in [2.24, 2.45) is 0 Å². The summed E-state index contributed by atoms with van der Waals surface area (Å²) in [6.45, 7) is 5.64. The Kier molecular flexibility index (Phi) is 4.62. The monoisotopic (exact) mass is 294 g/mol. The van der Waals surface area contributed by atoms with E-state index in [1.807, 2.05) is 18.4 Å². The van der Waals surface area contributed by atoms with Crippen LogP contribution in [0.15, 0.2) is 6.20 Å². The lowest BCUT2D eigenvalue weighted by Crippen LogP contribution is -2.42. The normalized spacial score (nSPS) is 17.5. The first-order chi connectivity index (χ1) is 9.95. The van der Waals surface area contributed by atoms with Crippen LogP contribution in [0.3, 0.4) is 0 Å². The molecule has 0 saturated heterocycles. The molecule has 0 saturated carbocycles. The Morgan fingerprint density at radius 3 is 2.76 bits per heavy atom. The van der Waals surface area contributed by atoms with E-state index in [2.05, 4.69) is 4.98 Å². The minimum atomic E-state index is -0.157. The molecule has 2 rings (SSSR count). The van der Waals surface area contributed by atoms with Gasteiger partial charge >= 0.3 is 0 Å². The van der Waals surface area contributed by atoms with Crippen molar-refractivity contribution in [1.29, 1.82) is 0 Å². The zero-order valence-electron chi connectivity index (χ0n) is 13.0. The van der Waals surface area contributed by atoms with Crippen LogP contribution in [0.25, 0.3) is 0 Å². The van der Waals surface area contributed by atoms with E-state index < -0.39 is 0 Å². The zero-order chi connectivity index (χ0) is 15.6. The van der Waals surface area contributed by atoms with Crippen molar-refractivity contribution in [1.82, 2.24) is 19.4 Å². The van der Waals surface area contributed by atoms with Gasteiger partial charge in [0.1, 0.15) is 18.1 Å². The first kappa shape index (κ1) is 15.5. The van der Waals surface area contributed by atoms with E-state index in [4.69, 9.17) is 4.74 Å². The summed E-state index contributed by atoms with van der Waals surface area (Å²) in [6, 6.07) is -0.157. The number of carbonyl (C=O) groups is 2. The van der Waals surface area contributed by atoms with Crippen molar-refractivity contribution >= 4 is 11.8 Å². The van der Waals surface area contributed by atoms with Crippen LogP contribution in [0.2, 0.25) is 0 Å². The molecule has 0 aromatic carbocycles. The van der Waals surface area contributed by atoms with E-state index in [1.54, 1.807) is 25.2 Å². The van der Waals surface area contributed by atoms with Crippen molar-refractivity contribution in [2.75, 3.05) is 33.9 Å². The Balaban J connectivity index is 2.17. The lowest BCUT2D eigenvalue weighted by Gasteiger charge is -2.33. The Hall–Kier alpha value is -1.89. The van der Waals surface area contributed by atoms with E-state index in [0.29, 0.717) is 25.4 Å². The molecule has 1 aliphatic heterocycles. The van der Waals surface area contributed by atoms with E-state index in [-0.39, 0.29) is 24.5 Å². The van der Waals surface area contributed by atoms with Gasteiger partial charge in [-0.05, 0) is 13.8 Å². The summed E-state index contributed by atoms with van der Waals surface area (Å²) in [5.41, 5.74) is 0.418. The highest BCUT2D eigenvalue weighted by molar-refractivity contribution is 5.91. The maximum absolute atomic E-state index is 12.1. The second-order valence-corrected chi connectivity index (χ2v) is 5.28. The molecular weight excluding hydrogens is 272 g/mol. The van der Waals surface area contributed by atoms with Crippen molar-refractivity contribution in [3.8, 4) is 0 Å². The molecule has 1 aromatic rings. The average molecular weight is 294 g/mol. The molecule has 2 amide bonds. The highest BCUT2D eigenvalue weighted by Crippen LogP contribution is 2.24. The number of aromatic nitrogens is 2. The predicted molar refractivity (Wildman–Crippen MR) is 76.9 cm³/mol. The molecule has 0 unspecified atom stereocenters. The summed E-state index contributed by atoms with van der Waals surface area (Å²) in [7, 11) is 3.39. The first-order valence-electron chi connectivity index (χ1n) is 7.11. The third kappa shape index (κ3) is 3.07. The van der Waals surface area contributed by atoms with Gasteiger partial charge in [0.2, 0.25) is 5.91 Å². The molecule has 0 N–H and O–H groups in total. The molecule has 0 fully saturated rings. The first-order valence-corrected chi connectivity index (χ1v) is 7.11. The number of hydrogen-bond acceptors (Lipinski definition) is 4. The van der Waals surface area contributed by atoms with Gasteiger partial charge in [-0.15, -0.1) is 0 Å². The lowest BCUT2D eigenvalue weighted by atomic mass is 10.2. The number of nitrogens with zero attached hydrogens (tertiary/aromatic N) is 4. The van der Waals surface area contributed by atoms with Gasteiger partial charge in [0.05, 0.1) is 6.04 Å². The maximum atomic E-state index is 12.1. The standard InChI is InChI=1S/C14H22N4O3/c1-5-21-9-12(19)18-7-6-17-8-11(14(20)16(3)4)15-13(17)10(18)2/h8,10H,5-7,9H2,1-4H3/t10-/m0/s1. The van der Waals surface area contributed by atoms with E-state index in [0.717, 1.165) is 5.82 Å². The zero-order valence-corrected chi connectivity index (χ0v) is 13.0. The summed E-state index contributed by atoms with van der Waals surface area (Å²) in [5.74, 6) is 0.576. The van der Waals surface area contributed by atoms with Crippen LogP contribution in [0.1, 0.15) is 36.2 Å². The SMILES string of the molecule is CCOCC(=O)N1CCn2cc(C(=O)N(C)C)nc2[C@@H]1C. The van der Waals surface area contributed by atoms with Crippen molar-refractivity contribution in [3.05, 3.63) is 17.7 Å². The molecule has 0 radical (unpaired) electrons. The van der Waals surface area contributed by atoms with Crippen LogP contribution in [0.5, 0.6) is 0 Å². The smallest absolute Gasteiger partial charge is 0.273 e. The number of fused-ring (bicyclic) bond motifs is 1. The van der Waals surface area contributed by atoms with Crippen LogP contribution in [0.4, 0.5) is 0 Å². The number of carbonyl (C=O) groups excluding carboxylic acids is 2. The molecule has 1 aliphatic rings. The minimum absolute atomic E-state index is 0.0425. The molecule has 21 heavy (non-hydrogen) atoms. The Labute approximate surface area is 124 Å². The number of hydrogen-bond donors (Lipinski definition) is 0. The maximum Gasteiger partial charge on any atom is 0.273 e. The number of imidazole rings is 1. The van der Waals surface area contributed by atoms with Crippen molar-refractivity contribution < 1.29 is 14.3 Å². The van der Waals surface area contributed by atoms with Crippen molar-refractivity contribution in [3.63, 3.8) is 0 Å². The van der Waals surface area contributed by atoms with Crippen LogP contribution >= 0.6 is 0 Å². The molecule has 116 valence electrons. The van der Waals surface area contributed by atoms with Crippen molar-refractivity contribution in [2.45, 2.75) is 26.4 Å². The van der Waals surface area contributed by atoms with Crippen LogP contribution in [-0.2, 0) is 16.1 Å². The molecule has 1 aromatic heterocycles. The summed E-state index contributed by atoms with van der Waals surface area (Å²) in [6.07, 6.45) is 1.76. The molecule has 0 aliphatic carbocycles. The quantitative estimate of drug-likeness (QED) is 0.812. The third-order valence-corrected chi connectivity index (χ3v) is 3.61. The van der Waals surface area contributed by atoms with Gasteiger partial charge in [-0.1, -0.05) is 0 Å².